The first-order chi connectivity index (χ1) is 16.7. The van der Waals surface area contributed by atoms with E-state index in [2.05, 4.69) is 19.2 Å². The smallest absolute Gasteiger partial charge is 0.338 e. The first kappa shape index (κ1) is 26.7. The number of nitrogens with zero attached hydrogens (tertiary/aromatic N) is 1. The number of esters is 1. The van der Waals surface area contributed by atoms with E-state index in [1.54, 1.807) is 66.4 Å². The summed E-state index contributed by atoms with van der Waals surface area (Å²) >= 11 is 18.4. The normalized spacial score (nSPS) is 10.7. The number of halogens is 2. The number of anilines is 1. The zero-order chi connectivity index (χ0) is 25.5. The van der Waals surface area contributed by atoms with Crippen molar-refractivity contribution in [2.75, 3.05) is 11.5 Å². The van der Waals surface area contributed by atoms with Crippen molar-refractivity contribution >= 4 is 58.1 Å². The Morgan fingerprint density at radius 3 is 2.06 bits per heavy atom. The maximum atomic E-state index is 12.9. The summed E-state index contributed by atoms with van der Waals surface area (Å²) in [7, 11) is 0. The van der Waals surface area contributed by atoms with Gasteiger partial charge in [0.25, 0.3) is 5.91 Å². The molecule has 182 valence electrons. The largest absolute Gasteiger partial charge is 0.462 e. The molecule has 5 nitrogen and oxygen atoms in total. The van der Waals surface area contributed by atoms with Gasteiger partial charge in [-0.05, 0) is 79.2 Å². The van der Waals surface area contributed by atoms with Crippen molar-refractivity contribution < 1.29 is 14.3 Å². The number of amides is 1. The Morgan fingerprint density at radius 2 is 1.51 bits per heavy atom. The molecule has 0 unspecified atom stereocenters. The van der Waals surface area contributed by atoms with Crippen LogP contribution in [0.5, 0.6) is 0 Å². The molecule has 8 heteroatoms. The minimum Gasteiger partial charge on any atom is -0.462 e. The van der Waals surface area contributed by atoms with Crippen molar-refractivity contribution in [2.45, 2.75) is 33.2 Å². The lowest BCUT2D eigenvalue weighted by atomic mass is 10.0. The number of nitrogens with one attached hydrogen (secondary N) is 1. The topological polar surface area (TPSA) is 58.6 Å². The molecule has 0 saturated carbocycles. The van der Waals surface area contributed by atoms with Crippen LogP contribution in [-0.4, -0.2) is 23.6 Å². The Morgan fingerprint density at radius 1 is 0.943 bits per heavy atom. The molecule has 0 bridgehead atoms. The molecule has 0 spiro atoms. The minimum atomic E-state index is -0.416. The SMILES string of the molecule is CCOC(=O)c1ccc(N(Cc2c(Cl)cccc2Cl)C(=S)NC(=O)c2ccc(C(C)C)cc2)cc1. The number of benzene rings is 3. The lowest BCUT2D eigenvalue weighted by molar-refractivity contribution is 0.0526. The van der Waals surface area contributed by atoms with E-state index in [9.17, 15) is 9.59 Å². The van der Waals surface area contributed by atoms with E-state index in [1.165, 1.54) is 0 Å². The third kappa shape index (κ3) is 6.82. The van der Waals surface area contributed by atoms with Crippen molar-refractivity contribution in [3.63, 3.8) is 0 Å². The standard InChI is InChI=1S/C27H26Cl2N2O3S/c1-4-34-26(33)20-12-14-21(15-13-20)31(16-22-23(28)6-5-7-24(22)29)27(35)30-25(32)19-10-8-18(9-11-19)17(2)3/h5-15,17H,4,16H2,1-3H3,(H,30,32,35). The van der Waals surface area contributed by atoms with Gasteiger partial charge in [-0.25, -0.2) is 4.79 Å². The monoisotopic (exact) mass is 528 g/mol. The van der Waals surface area contributed by atoms with Crippen LogP contribution < -0.4 is 10.2 Å². The molecule has 0 aliphatic heterocycles. The van der Waals surface area contributed by atoms with Crippen LogP contribution in [0.2, 0.25) is 10.0 Å². The fourth-order valence-electron chi connectivity index (χ4n) is 3.37. The number of hydrogen-bond donors (Lipinski definition) is 1. The van der Waals surface area contributed by atoms with Gasteiger partial charge in [0.2, 0.25) is 0 Å². The molecule has 1 N–H and O–H groups in total. The summed E-state index contributed by atoms with van der Waals surface area (Å²) in [4.78, 5) is 26.7. The van der Waals surface area contributed by atoms with Gasteiger partial charge in [-0.3, -0.25) is 10.1 Å². The van der Waals surface area contributed by atoms with E-state index in [0.717, 1.165) is 5.56 Å². The van der Waals surface area contributed by atoms with Crippen LogP contribution in [-0.2, 0) is 11.3 Å². The average Bonchev–Trinajstić information content (AvgIpc) is 2.84. The number of hydrogen-bond acceptors (Lipinski definition) is 4. The highest BCUT2D eigenvalue weighted by molar-refractivity contribution is 7.80. The van der Waals surface area contributed by atoms with Crippen LogP contribution in [0.25, 0.3) is 0 Å². The van der Waals surface area contributed by atoms with Crippen molar-refractivity contribution in [1.29, 1.82) is 0 Å². The molecule has 0 atom stereocenters. The second kappa shape index (κ2) is 12.2. The number of rotatable bonds is 7. The van der Waals surface area contributed by atoms with Crippen LogP contribution in [0.1, 0.15) is 58.5 Å². The van der Waals surface area contributed by atoms with Gasteiger partial charge in [0.05, 0.1) is 18.7 Å². The summed E-state index contributed by atoms with van der Waals surface area (Å²) in [6.07, 6.45) is 0. The number of carbonyl (C=O) groups is 2. The van der Waals surface area contributed by atoms with Gasteiger partial charge >= 0.3 is 5.97 Å². The van der Waals surface area contributed by atoms with Crippen molar-refractivity contribution in [2.24, 2.45) is 0 Å². The fraction of sp³-hybridized carbons (Fsp3) is 0.222. The molecule has 3 rings (SSSR count). The second-order valence-corrected chi connectivity index (χ2v) is 9.29. The Kier molecular flexibility index (Phi) is 9.26. The number of carbonyl (C=O) groups excluding carboxylic acids is 2. The molecule has 0 heterocycles. The molecule has 3 aromatic rings. The van der Waals surface area contributed by atoms with Gasteiger partial charge in [-0.2, -0.15) is 0 Å². The number of ether oxygens (including phenoxy) is 1. The van der Waals surface area contributed by atoms with Crippen molar-refractivity contribution in [3.05, 3.63) is 99.0 Å². The van der Waals surface area contributed by atoms with E-state index in [4.69, 9.17) is 40.2 Å². The van der Waals surface area contributed by atoms with Crippen LogP contribution in [0.15, 0.2) is 66.7 Å². The van der Waals surface area contributed by atoms with E-state index in [0.29, 0.717) is 38.3 Å². The first-order valence-corrected chi connectivity index (χ1v) is 12.3. The predicted octanol–water partition coefficient (Wildman–Crippen LogP) is 7.02. The lowest BCUT2D eigenvalue weighted by Crippen LogP contribution is -2.42. The van der Waals surface area contributed by atoms with Crippen LogP contribution in [0, 0.1) is 0 Å². The molecule has 0 radical (unpaired) electrons. The van der Waals surface area contributed by atoms with Gasteiger partial charge in [-0.15, -0.1) is 0 Å². The summed E-state index contributed by atoms with van der Waals surface area (Å²) in [5.74, 6) is -0.384. The zero-order valence-corrected chi connectivity index (χ0v) is 22.0. The number of thiocarbonyl (C=S) groups is 1. The van der Waals surface area contributed by atoms with E-state index in [-0.39, 0.29) is 24.2 Å². The van der Waals surface area contributed by atoms with E-state index >= 15 is 0 Å². The highest BCUT2D eigenvalue weighted by Crippen LogP contribution is 2.28. The molecule has 0 aliphatic carbocycles. The van der Waals surface area contributed by atoms with Gasteiger partial charge in [-0.1, -0.05) is 55.2 Å². The molecule has 1 amide bonds. The summed E-state index contributed by atoms with van der Waals surface area (Å²) < 4.78 is 5.06. The maximum absolute atomic E-state index is 12.9. The molecule has 35 heavy (non-hydrogen) atoms. The molecular formula is C27H26Cl2N2O3S. The quantitative estimate of drug-likeness (QED) is 0.264. The van der Waals surface area contributed by atoms with Gasteiger partial charge in [0.1, 0.15) is 0 Å². The lowest BCUT2D eigenvalue weighted by Gasteiger charge is -2.26. The van der Waals surface area contributed by atoms with Crippen molar-refractivity contribution in [1.82, 2.24) is 5.32 Å². The third-order valence-corrected chi connectivity index (χ3v) is 6.40. The average molecular weight is 529 g/mol. The Balaban J connectivity index is 1.89. The van der Waals surface area contributed by atoms with Gasteiger partial charge < -0.3 is 9.64 Å². The molecule has 0 fully saturated rings. The van der Waals surface area contributed by atoms with Crippen LogP contribution in [0.4, 0.5) is 5.69 Å². The van der Waals surface area contributed by atoms with Gasteiger partial charge in [0.15, 0.2) is 5.11 Å². The Bertz CT molecular complexity index is 1190. The van der Waals surface area contributed by atoms with E-state index in [1.807, 2.05) is 12.1 Å². The van der Waals surface area contributed by atoms with Crippen molar-refractivity contribution in [3.8, 4) is 0 Å². The summed E-state index contributed by atoms with van der Waals surface area (Å²) in [5.41, 5.74) is 3.34. The minimum absolute atomic E-state index is 0.169. The summed E-state index contributed by atoms with van der Waals surface area (Å²) in [5, 5.41) is 3.92. The van der Waals surface area contributed by atoms with Crippen LogP contribution in [0.3, 0.4) is 0 Å². The molecular weight excluding hydrogens is 503 g/mol. The van der Waals surface area contributed by atoms with Gasteiger partial charge in [0, 0.05) is 26.9 Å². The third-order valence-electron chi connectivity index (χ3n) is 5.37. The first-order valence-electron chi connectivity index (χ1n) is 11.1. The highest BCUT2D eigenvalue weighted by Gasteiger charge is 2.20. The summed E-state index contributed by atoms with van der Waals surface area (Å²) in [6, 6.07) is 19.4. The Labute approximate surface area is 221 Å². The van der Waals surface area contributed by atoms with E-state index < -0.39 is 5.97 Å². The molecule has 0 saturated heterocycles. The highest BCUT2D eigenvalue weighted by atomic mass is 35.5. The van der Waals surface area contributed by atoms with Crippen LogP contribution >= 0.6 is 35.4 Å². The second-order valence-electron chi connectivity index (χ2n) is 8.09. The fourth-order valence-corrected chi connectivity index (χ4v) is 4.15. The molecule has 0 aromatic heterocycles. The molecule has 0 aliphatic rings. The predicted molar refractivity (Wildman–Crippen MR) is 146 cm³/mol. The Hall–Kier alpha value is -2.93. The summed E-state index contributed by atoms with van der Waals surface area (Å²) in [6.45, 7) is 6.43. The zero-order valence-electron chi connectivity index (χ0n) is 19.7. The molecule has 3 aromatic carbocycles. The maximum Gasteiger partial charge on any atom is 0.338 e.